The molecule has 1 fully saturated rings. The van der Waals surface area contributed by atoms with Gasteiger partial charge in [-0.15, -0.1) is 0 Å². The van der Waals surface area contributed by atoms with Gasteiger partial charge in [-0.05, 0) is 25.0 Å². The molecule has 0 radical (unpaired) electrons. The van der Waals surface area contributed by atoms with Crippen LogP contribution in [0.15, 0.2) is 30.9 Å². The zero-order valence-corrected chi connectivity index (χ0v) is 19.7. The minimum atomic E-state index is -0.555. The van der Waals surface area contributed by atoms with E-state index in [1.165, 1.54) is 6.20 Å². The Morgan fingerprint density at radius 3 is 2.92 bits per heavy atom. The van der Waals surface area contributed by atoms with Crippen molar-refractivity contribution in [2.75, 3.05) is 43.1 Å². The van der Waals surface area contributed by atoms with Crippen molar-refractivity contribution in [3.8, 4) is 17.0 Å². The number of ether oxygens (including phenoxy) is 1. The number of nitrogens with zero attached hydrogens (tertiary/aromatic N) is 6. The molecule has 184 valence electrons. The molecule has 5 heterocycles. The molecule has 2 aliphatic rings. The number of nitrogens with one attached hydrogen (secondary N) is 2. The number of carbonyl (C=O) groups is 1. The lowest BCUT2D eigenvalue weighted by molar-refractivity contribution is -0.129. The fraction of sp³-hybridized carbons (Fsp3) is 0.292. The minimum Gasteiger partial charge on any atom is -0.474 e. The molecule has 11 nitrogen and oxygen atoms in total. The third-order valence-corrected chi connectivity index (χ3v) is 6.68. The molecule has 4 aromatic rings. The van der Waals surface area contributed by atoms with Crippen molar-refractivity contribution in [2.45, 2.75) is 19.4 Å². The van der Waals surface area contributed by atoms with Crippen LogP contribution in [-0.2, 0) is 4.79 Å². The van der Waals surface area contributed by atoms with Crippen LogP contribution in [0.25, 0.3) is 22.0 Å². The van der Waals surface area contributed by atoms with Gasteiger partial charge in [-0.2, -0.15) is 5.10 Å². The van der Waals surface area contributed by atoms with Crippen LogP contribution in [0.1, 0.15) is 18.0 Å². The number of halogens is 1. The number of likely N-dealkylation sites (tertiary alicyclic amines) is 1. The Hall–Kier alpha value is -4.48. The van der Waals surface area contributed by atoms with Crippen LogP contribution in [-0.4, -0.2) is 62.3 Å². The van der Waals surface area contributed by atoms with Crippen molar-refractivity contribution in [3.63, 3.8) is 0 Å². The lowest BCUT2D eigenvalue weighted by Gasteiger charge is -2.22. The lowest BCUT2D eigenvalue weighted by atomic mass is 9.98. The second-order valence-electron chi connectivity index (χ2n) is 8.93. The number of rotatable bonds is 4. The number of pyridine rings is 1. The third kappa shape index (κ3) is 3.53. The Morgan fingerprint density at radius 2 is 2.11 bits per heavy atom. The topological polar surface area (TPSA) is 136 Å². The number of nitrogens with two attached hydrogens (primary N) is 1. The van der Waals surface area contributed by atoms with Crippen molar-refractivity contribution >= 4 is 39.8 Å². The number of anilines is 4. The van der Waals surface area contributed by atoms with Crippen LogP contribution in [0.2, 0.25) is 0 Å². The summed E-state index contributed by atoms with van der Waals surface area (Å²) in [6, 6.07) is 1.33. The lowest BCUT2D eigenvalue weighted by Crippen LogP contribution is -2.24. The summed E-state index contributed by atoms with van der Waals surface area (Å²) >= 11 is 0. The standard InChI is InChI=1S/C24H24FN9O2/c1-12-15(9-28-22-21(12)27-4-6-36-22)14-7-17-16(20(26)19(14)25)10-29-24(32-17)31-13-8-30-34(11-13)18-3-5-33(2)23(18)35/h7-11,18,27H,3-6,26H2,1-2H3,(H,29,31,32). The molecule has 0 aliphatic carbocycles. The van der Waals surface area contributed by atoms with Crippen molar-refractivity contribution in [3.05, 3.63) is 42.2 Å². The SMILES string of the molecule is Cc1c(-c2cc3nc(Nc4cnn(C5CCN(C)C5=O)c4)ncc3c(N)c2F)cnc2c1NCCO2. The number of fused-ring (bicyclic) bond motifs is 2. The number of hydrogen-bond donors (Lipinski definition) is 3. The smallest absolute Gasteiger partial charge is 0.247 e. The zero-order chi connectivity index (χ0) is 25.0. The second kappa shape index (κ2) is 8.33. The van der Waals surface area contributed by atoms with Crippen LogP contribution < -0.4 is 21.1 Å². The van der Waals surface area contributed by atoms with Gasteiger partial charge in [0.25, 0.3) is 0 Å². The number of carbonyl (C=O) groups excluding carboxylic acids is 1. The van der Waals surface area contributed by atoms with Crippen molar-refractivity contribution in [2.24, 2.45) is 0 Å². The molecule has 1 unspecified atom stereocenters. The Balaban J connectivity index is 1.34. The van der Waals surface area contributed by atoms with Gasteiger partial charge in [0, 0.05) is 55.2 Å². The van der Waals surface area contributed by atoms with Gasteiger partial charge in [-0.1, -0.05) is 0 Å². The molecule has 1 atom stereocenters. The summed E-state index contributed by atoms with van der Waals surface area (Å²) < 4.78 is 22.6. The molecular formula is C24H24FN9O2. The number of nitrogen functional groups attached to an aromatic ring is 1. The fourth-order valence-electron chi connectivity index (χ4n) is 4.68. The Morgan fingerprint density at radius 1 is 1.25 bits per heavy atom. The van der Waals surface area contributed by atoms with E-state index >= 15 is 4.39 Å². The first-order valence-electron chi connectivity index (χ1n) is 11.6. The van der Waals surface area contributed by atoms with Gasteiger partial charge in [0.15, 0.2) is 5.82 Å². The van der Waals surface area contributed by atoms with Crippen LogP contribution in [0.4, 0.5) is 27.4 Å². The summed E-state index contributed by atoms with van der Waals surface area (Å²) in [6.45, 7) is 3.75. The van der Waals surface area contributed by atoms with Crippen molar-refractivity contribution < 1.29 is 13.9 Å². The fourth-order valence-corrected chi connectivity index (χ4v) is 4.68. The molecule has 0 bridgehead atoms. The van der Waals surface area contributed by atoms with Crippen molar-refractivity contribution in [1.82, 2.24) is 29.6 Å². The first-order valence-corrected chi connectivity index (χ1v) is 11.6. The maximum Gasteiger partial charge on any atom is 0.247 e. The molecule has 3 aromatic heterocycles. The molecule has 0 spiro atoms. The van der Waals surface area contributed by atoms with E-state index in [1.807, 2.05) is 6.92 Å². The van der Waals surface area contributed by atoms with E-state index < -0.39 is 5.82 Å². The second-order valence-corrected chi connectivity index (χ2v) is 8.93. The summed E-state index contributed by atoms with van der Waals surface area (Å²) in [5.41, 5.74) is 9.67. The van der Waals surface area contributed by atoms with Crippen LogP contribution in [0.5, 0.6) is 5.88 Å². The van der Waals surface area contributed by atoms with Gasteiger partial charge in [-0.25, -0.2) is 19.3 Å². The molecule has 12 heteroatoms. The summed E-state index contributed by atoms with van der Waals surface area (Å²) in [7, 11) is 1.78. The summed E-state index contributed by atoms with van der Waals surface area (Å²) in [4.78, 5) is 27.2. The molecule has 1 aromatic carbocycles. The average molecular weight is 490 g/mol. The highest BCUT2D eigenvalue weighted by Gasteiger charge is 2.31. The van der Waals surface area contributed by atoms with E-state index in [9.17, 15) is 4.79 Å². The van der Waals surface area contributed by atoms with Gasteiger partial charge in [0.2, 0.25) is 17.7 Å². The van der Waals surface area contributed by atoms with E-state index in [4.69, 9.17) is 10.5 Å². The van der Waals surface area contributed by atoms with E-state index in [-0.39, 0.29) is 17.6 Å². The molecule has 4 N–H and O–H groups in total. The normalized spacial score (nSPS) is 17.1. The molecule has 0 saturated carbocycles. The molecule has 1 amide bonds. The summed E-state index contributed by atoms with van der Waals surface area (Å²) in [5.74, 6) is 0.271. The van der Waals surface area contributed by atoms with E-state index in [2.05, 4.69) is 30.7 Å². The van der Waals surface area contributed by atoms with E-state index in [0.717, 1.165) is 11.3 Å². The number of likely N-dealkylation sites (N-methyl/N-ethyl adjacent to an activating group) is 1. The summed E-state index contributed by atoms with van der Waals surface area (Å²) in [6.07, 6.45) is 7.13. The van der Waals surface area contributed by atoms with Gasteiger partial charge >= 0.3 is 0 Å². The quantitative estimate of drug-likeness (QED) is 0.370. The average Bonchev–Trinajstić information content (AvgIpc) is 3.48. The largest absolute Gasteiger partial charge is 0.474 e. The number of aromatic nitrogens is 5. The molecule has 2 aliphatic heterocycles. The first kappa shape index (κ1) is 22.0. The third-order valence-electron chi connectivity index (χ3n) is 6.68. The van der Waals surface area contributed by atoms with Gasteiger partial charge in [0.05, 0.1) is 23.1 Å². The van der Waals surface area contributed by atoms with Gasteiger partial charge < -0.3 is 26.0 Å². The van der Waals surface area contributed by atoms with Gasteiger partial charge in [0.1, 0.15) is 18.3 Å². The Kier molecular flexibility index (Phi) is 5.09. The van der Waals surface area contributed by atoms with Gasteiger partial charge in [-0.3, -0.25) is 9.48 Å². The Bertz CT molecular complexity index is 1520. The number of amides is 1. The molecule has 6 rings (SSSR count). The molecule has 1 saturated heterocycles. The first-order chi connectivity index (χ1) is 17.4. The minimum absolute atomic E-state index is 0.0327. The Labute approximate surface area is 205 Å². The maximum atomic E-state index is 15.4. The maximum absolute atomic E-state index is 15.4. The van der Waals surface area contributed by atoms with Crippen LogP contribution in [0.3, 0.4) is 0 Å². The van der Waals surface area contributed by atoms with E-state index in [1.54, 1.807) is 41.3 Å². The van der Waals surface area contributed by atoms with E-state index in [0.29, 0.717) is 65.7 Å². The zero-order valence-electron chi connectivity index (χ0n) is 19.7. The monoisotopic (exact) mass is 489 g/mol. The predicted molar refractivity (Wildman–Crippen MR) is 133 cm³/mol. The highest BCUT2D eigenvalue weighted by molar-refractivity contribution is 5.96. The number of hydrogen-bond acceptors (Lipinski definition) is 9. The summed E-state index contributed by atoms with van der Waals surface area (Å²) in [5, 5.41) is 11.1. The molecular weight excluding hydrogens is 465 g/mol. The molecule has 36 heavy (non-hydrogen) atoms. The predicted octanol–water partition coefficient (Wildman–Crippen LogP) is 2.87. The van der Waals surface area contributed by atoms with Crippen molar-refractivity contribution in [1.29, 1.82) is 0 Å². The number of benzene rings is 1. The van der Waals surface area contributed by atoms with Crippen LogP contribution in [0, 0.1) is 12.7 Å². The highest BCUT2D eigenvalue weighted by atomic mass is 19.1. The highest BCUT2D eigenvalue weighted by Crippen LogP contribution is 2.39. The van der Waals surface area contributed by atoms with Crippen LogP contribution >= 0.6 is 0 Å².